The molecule has 21 heavy (non-hydrogen) atoms. The maximum absolute atomic E-state index is 5.87. The highest BCUT2D eigenvalue weighted by molar-refractivity contribution is 7.09. The zero-order chi connectivity index (χ0) is 15.2. The molecule has 1 aromatic carbocycles. The van der Waals surface area contributed by atoms with Crippen molar-refractivity contribution in [3.05, 3.63) is 40.3 Å². The molecule has 0 aliphatic carbocycles. The van der Waals surface area contributed by atoms with Crippen LogP contribution >= 0.6 is 11.3 Å². The predicted octanol–water partition coefficient (Wildman–Crippen LogP) is 3.20. The minimum absolute atomic E-state index is 0.374. The largest absolute Gasteiger partial charge is 0.497 e. The molecule has 1 heterocycles. The SMILES string of the molecule is COc1ccc(NC(N)=NCc2csc(C(C)C)n2)cc1. The molecule has 2 rings (SSSR count). The van der Waals surface area contributed by atoms with Gasteiger partial charge in [0, 0.05) is 17.0 Å². The lowest BCUT2D eigenvalue weighted by Gasteiger charge is -2.06. The van der Waals surface area contributed by atoms with Gasteiger partial charge in [-0.05, 0) is 24.3 Å². The lowest BCUT2D eigenvalue weighted by atomic mass is 10.2. The number of rotatable bonds is 5. The second-order valence-electron chi connectivity index (χ2n) is 4.89. The molecule has 112 valence electrons. The van der Waals surface area contributed by atoms with E-state index in [0.29, 0.717) is 18.4 Å². The lowest BCUT2D eigenvalue weighted by Crippen LogP contribution is -2.22. The van der Waals surface area contributed by atoms with Crippen molar-refractivity contribution in [1.82, 2.24) is 4.98 Å². The van der Waals surface area contributed by atoms with E-state index in [4.69, 9.17) is 10.5 Å². The number of hydrogen-bond donors (Lipinski definition) is 2. The fourth-order valence-electron chi connectivity index (χ4n) is 1.69. The first-order valence-electron chi connectivity index (χ1n) is 6.73. The van der Waals surface area contributed by atoms with Crippen LogP contribution in [0.2, 0.25) is 0 Å². The molecule has 0 aliphatic heterocycles. The molecule has 0 atom stereocenters. The normalized spacial score (nSPS) is 11.7. The third-order valence-corrected chi connectivity index (χ3v) is 4.03. The molecule has 0 saturated carbocycles. The summed E-state index contributed by atoms with van der Waals surface area (Å²) in [6.45, 7) is 4.75. The Morgan fingerprint density at radius 2 is 2.10 bits per heavy atom. The Hall–Kier alpha value is -2.08. The Morgan fingerprint density at radius 3 is 2.67 bits per heavy atom. The quantitative estimate of drug-likeness (QED) is 0.657. The maximum Gasteiger partial charge on any atom is 0.193 e. The third-order valence-electron chi connectivity index (χ3n) is 2.84. The molecule has 0 saturated heterocycles. The average Bonchev–Trinajstić information content (AvgIpc) is 2.95. The van der Waals surface area contributed by atoms with Crippen molar-refractivity contribution in [2.45, 2.75) is 26.3 Å². The molecule has 1 aromatic heterocycles. The predicted molar refractivity (Wildman–Crippen MR) is 88.1 cm³/mol. The molecule has 2 aromatic rings. The van der Waals surface area contributed by atoms with Crippen LogP contribution < -0.4 is 15.8 Å². The van der Waals surface area contributed by atoms with Crippen LogP contribution in [0, 0.1) is 0 Å². The second kappa shape index (κ2) is 7.08. The molecular formula is C15H20N4OS. The molecular weight excluding hydrogens is 284 g/mol. The summed E-state index contributed by atoms with van der Waals surface area (Å²) in [5.41, 5.74) is 7.69. The van der Waals surface area contributed by atoms with Crippen LogP contribution in [0.5, 0.6) is 5.75 Å². The van der Waals surface area contributed by atoms with Crippen molar-refractivity contribution < 1.29 is 4.74 Å². The summed E-state index contributed by atoms with van der Waals surface area (Å²) in [4.78, 5) is 8.82. The maximum atomic E-state index is 5.87. The van der Waals surface area contributed by atoms with Gasteiger partial charge in [0.05, 0.1) is 24.4 Å². The van der Waals surface area contributed by atoms with Crippen LogP contribution in [0.15, 0.2) is 34.6 Å². The minimum atomic E-state index is 0.374. The molecule has 6 heteroatoms. The number of ether oxygens (including phenoxy) is 1. The van der Waals surface area contributed by atoms with Crippen molar-refractivity contribution in [2.24, 2.45) is 10.7 Å². The zero-order valence-corrected chi connectivity index (χ0v) is 13.3. The standard InChI is InChI=1S/C15H20N4OS/c1-10(2)14-18-12(9-21-14)8-17-15(16)19-11-4-6-13(20-3)7-5-11/h4-7,9-10H,8H2,1-3H3,(H3,16,17,19). The van der Waals surface area contributed by atoms with E-state index in [1.165, 1.54) is 0 Å². The van der Waals surface area contributed by atoms with Crippen LogP contribution in [-0.2, 0) is 6.54 Å². The first-order chi connectivity index (χ1) is 10.1. The molecule has 0 bridgehead atoms. The third kappa shape index (κ3) is 4.46. The van der Waals surface area contributed by atoms with Gasteiger partial charge in [-0.25, -0.2) is 9.98 Å². The number of thiazole rings is 1. The molecule has 0 aliphatic rings. The Kier molecular flexibility index (Phi) is 5.16. The van der Waals surface area contributed by atoms with Gasteiger partial charge in [0.2, 0.25) is 0 Å². The highest BCUT2D eigenvalue weighted by Crippen LogP contribution is 2.19. The van der Waals surface area contributed by atoms with E-state index in [2.05, 4.69) is 29.1 Å². The fraction of sp³-hybridized carbons (Fsp3) is 0.333. The average molecular weight is 304 g/mol. The van der Waals surface area contributed by atoms with Gasteiger partial charge < -0.3 is 15.8 Å². The van der Waals surface area contributed by atoms with Crippen LogP contribution in [-0.4, -0.2) is 18.1 Å². The van der Waals surface area contributed by atoms with Gasteiger partial charge in [-0.2, -0.15) is 0 Å². The summed E-state index contributed by atoms with van der Waals surface area (Å²) in [6.07, 6.45) is 0. The number of benzene rings is 1. The molecule has 5 nitrogen and oxygen atoms in total. The van der Waals surface area contributed by atoms with E-state index in [9.17, 15) is 0 Å². The molecule has 0 spiro atoms. The monoisotopic (exact) mass is 304 g/mol. The number of hydrogen-bond acceptors (Lipinski definition) is 4. The Morgan fingerprint density at radius 1 is 1.38 bits per heavy atom. The highest BCUT2D eigenvalue weighted by Gasteiger charge is 2.05. The van der Waals surface area contributed by atoms with E-state index in [1.807, 2.05) is 29.6 Å². The number of nitrogens with zero attached hydrogens (tertiary/aromatic N) is 2. The Balaban J connectivity index is 1.93. The van der Waals surface area contributed by atoms with E-state index in [-0.39, 0.29) is 0 Å². The molecule has 0 fully saturated rings. The topological polar surface area (TPSA) is 72.5 Å². The van der Waals surface area contributed by atoms with Gasteiger partial charge in [0.15, 0.2) is 5.96 Å². The van der Waals surface area contributed by atoms with Gasteiger partial charge >= 0.3 is 0 Å². The highest BCUT2D eigenvalue weighted by atomic mass is 32.1. The van der Waals surface area contributed by atoms with E-state index >= 15 is 0 Å². The van der Waals surface area contributed by atoms with Crippen LogP contribution in [0.1, 0.15) is 30.5 Å². The van der Waals surface area contributed by atoms with Crippen molar-refractivity contribution >= 4 is 23.0 Å². The molecule has 0 unspecified atom stereocenters. The summed E-state index contributed by atoms with van der Waals surface area (Å²) in [5, 5.41) is 6.19. The van der Waals surface area contributed by atoms with Crippen molar-refractivity contribution in [1.29, 1.82) is 0 Å². The minimum Gasteiger partial charge on any atom is -0.497 e. The number of guanidine groups is 1. The molecule has 0 amide bonds. The summed E-state index contributed by atoms with van der Waals surface area (Å²) >= 11 is 1.66. The van der Waals surface area contributed by atoms with E-state index in [0.717, 1.165) is 22.1 Å². The number of aromatic nitrogens is 1. The van der Waals surface area contributed by atoms with Crippen molar-refractivity contribution in [3.63, 3.8) is 0 Å². The number of aliphatic imine (C=N–C) groups is 1. The second-order valence-corrected chi connectivity index (χ2v) is 5.78. The molecule has 3 N–H and O–H groups in total. The summed E-state index contributed by atoms with van der Waals surface area (Å²) in [5.74, 6) is 1.63. The van der Waals surface area contributed by atoms with Gasteiger partial charge in [0.25, 0.3) is 0 Å². The zero-order valence-electron chi connectivity index (χ0n) is 12.5. The number of nitrogens with two attached hydrogens (primary N) is 1. The number of nitrogens with one attached hydrogen (secondary N) is 1. The number of anilines is 1. The lowest BCUT2D eigenvalue weighted by molar-refractivity contribution is 0.415. The van der Waals surface area contributed by atoms with E-state index < -0.39 is 0 Å². The van der Waals surface area contributed by atoms with Crippen LogP contribution in [0.4, 0.5) is 5.69 Å². The van der Waals surface area contributed by atoms with Crippen LogP contribution in [0.3, 0.4) is 0 Å². The summed E-state index contributed by atoms with van der Waals surface area (Å²) in [7, 11) is 1.64. The number of methoxy groups -OCH3 is 1. The fourth-order valence-corrected chi connectivity index (χ4v) is 2.51. The van der Waals surface area contributed by atoms with Crippen molar-refractivity contribution in [3.8, 4) is 5.75 Å². The van der Waals surface area contributed by atoms with Gasteiger partial charge in [0.1, 0.15) is 5.75 Å². The van der Waals surface area contributed by atoms with E-state index in [1.54, 1.807) is 18.4 Å². The van der Waals surface area contributed by atoms with Crippen molar-refractivity contribution in [2.75, 3.05) is 12.4 Å². The smallest absolute Gasteiger partial charge is 0.193 e. The molecule has 0 radical (unpaired) electrons. The van der Waals surface area contributed by atoms with Gasteiger partial charge in [-0.1, -0.05) is 13.8 Å². The Labute approximate surface area is 128 Å². The summed E-state index contributed by atoms with van der Waals surface area (Å²) in [6, 6.07) is 7.51. The van der Waals surface area contributed by atoms with Gasteiger partial charge in [-0.15, -0.1) is 11.3 Å². The van der Waals surface area contributed by atoms with Gasteiger partial charge in [-0.3, -0.25) is 0 Å². The first kappa shape index (κ1) is 15.3. The Bertz CT molecular complexity index is 604. The summed E-state index contributed by atoms with van der Waals surface area (Å²) < 4.78 is 5.10. The first-order valence-corrected chi connectivity index (χ1v) is 7.61. The van der Waals surface area contributed by atoms with Crippen LogP contribution in [0.25, 0.3) is 0 Å².